The van der Waals surface area contributed by atoms with Crippen molar-refractivity contribution in [1.82, 2.24) is 5.32 Å². The minimum Gasteiger partial charge on any atom is -0.317 e. The summed E-state index contributed by atoms with van der Waals surface area (Å²) in [5, 5.41) is 3.52. The zero-order valence-electron chi connectivity index (χ0n) is 12.3. The van der Waals surface area contributed by atoms with Crippen molar-refractivity contribution in [2.45, 2.75) is 52.4 Å². The van der Waals surface area contributed by atoms with Gasteiger partial charge in [0.2, 0.25) is 0 Å². The van der Waals surface area contributed by atoms with E-state index in [1.165, 1.54) is 31.2 Å². The van der Waals surface area contributed by atoms with E-state index in [9.17, 15) is 0 Å². The van der Waals surface area contributed by atoms with Crippen LogP contribution in [0, 0.1) is 5.92 Å². The highest BCUT2D eigenvalue weighted by molar-refractivity contribution is 5.19. The van der Waals surface area contributed by atoms with E-state index in [2.05, 4.69) is 56.4 Å². The second-order valence-electron chi connectivity index (χ2n) is 5.62. The fraction of sp³-hybridized carbons (Fsp3) is 0.647. The molecule has 0 aliphatic carbocycles. The Hall–Kier alpha value is -0.820. The lowest BCUT2D eigenvalue weighted by Crippen LogP contribution is -2.18. The standard InChI is InChI=1S/C17H29N/c1-4-13-18-14-12-17(11-10-15(2)3)16-8-6-5-7-9-16/h5-9,15,17-18H,4,10-14H2,1-3H3. The van der Waals surface area contributed by atoms with Crippen molar-refractivity contribution >= 4 is 0 Å². The summed E-state index contributed by atoms with van der Waals surface area (Å²) in [6, 6.07) is 11.0. The number of hydrogen-bond donors (Lipinski definition) is 1. The van der Waals surface area contributed by atoms with Gasteiger partial charge in [-0.1, -0.05) is 57.5 Å². The average molecular weight is 247 g/mol. The van der Waals surface area contributed by atoms with E-state index in [0.29, 0.717) is 0 Å². The zero-order chi connectivity index (χ0) is 13.2. The first kappa shape index (κ1) is 15.2. The highest BCUT2D eigenvalue weighted by Gasteiger charge is 2.11. The van der Waals surface area contributed by atoms with E-state index in [1.54, 1.807) is 0 Å². The van der Waals surface area contributed by atoms with E-state index in [0.717, 1.165) is 24.9 Å². The maximum Gasteiger partial charge on any atom is -0.00431 e. The van der Waals surface area contributed by atoms with Crippen molar-refractivity contribution in [3.8, 4) is 0 Å². The summed E-state index contributed by atoms with van der Waals surface area (Å²) < 4.78 is 0. The second kappa shape index (κ2) is 9.16. The van der Waals surface area contributed by atoms with Gasteiger partial charge < -0.3 is 5.32 Å². The lowest BCUT2D eigenvalue weighted by molar-refractivity contribution is 0.469. The number of nitrogens with one attached hydrogen (secondary N) is 1. The first-order valence-electron chi connectivity index (χ1n) is 7.49. The number of benzene rings is 1. The molecule has 0 heterocycles. The van der Waals surface area contributed by atoms with Crippen LogP contribution in [-0.2, 0) is 0 Å². The molecule has 1 unspecified atom stereocenters. The number of rotatable bonds is 9. The summed E-state index contributed by atoms with van der Waals surface area (Å²) in [6.45, 7) is 9.15. The van der Waals surface area contributed by atoms with Crippen LogP contribution < -0.4 is 5.32 Å². The summed E-state index contributed by atoms with van der Waals surface area (Å²) in [5.41, 5.74) is 1.51. The third kappa shape index (κ3) is 6.20. The third-order valence-electron chi connectivity index (χ3n) is 3.46. The molecule has 1 heteroatoms. The van der Waals surface area contributed by atoms with Crippen molar-refractivity contribution in [3.63, 3.8) is 0 Å². The van der Waals surface area contributed by atoms with Gasteiger partial charge in [0, 0.05) is 0 Å². The Morgan fingerprint density at radius 3 is 2.28 bits per heavy atom. The molecule has 102 valence electrons. The Morgan fingerprint density at radius 2 is 1.67 bits per heavy atom. The van der Waals surface area contributed by atoms with Gasteiger partial charge in [-0.3, -0.25) is 0 Å². The van der Waals surface area contributed by atoms with Gasteiger partial charge >= 0.3 is 0 Å². The first-order chi connectivity index (χ1) is 8.74. The zero-order valence-corrected chi connectivity index (χ0v) is 12.3. The van der Waals surface area contributed by atoms with Crippen LogP contribution in [0.2, 0.25) is 0 Å². The average Bonchev–Trinajstić information content (AvgIpc) is 2.38. The molecule has 1 atom stereocenters. The van der Waals surface area contributed by atoms with Gasteiger partial charge in [-0.05, 0) is 49.8 Å². The lowest BCUT2D eigenvalue weighted by Gasteiger charge is -2.19. The molecular formula is C17H29N. The molecule has 1 rings (SSSR count). The molecule has 0 amide bonds. The van der Waals surface area contributed by atoms with Crippen molar-refractivity contribution in [2.75, 3.05) is 13.1 Å². The van der Waals surface area contributed by atoms with Crippen molar-refractivity contribution in [1.29, 1.82) is 0 Å². The van der Waals surface area contributed by atoms with E-state index < -0.39 is 0 Å². The van der Waals surface area contributed by atoms with Crippen LogP contribution >= 0.6 is 0 Å². The Balaban J connectivity index is 2.47. The highest BCUT2D eigenvalue weighted by Crippen LogP contribution is 2.26. The molecule has 1 aromatic carbocycles. The topological polar surface area (TPSA) is 12.0 Å². The van der Waals surface area contributed by atoms with Crippen LogP contribution in [-0.4, -0.2) is 13.1 Å². The molecule has 0 spiro atoms. The van der Waals surface area contributed by atoms with Crippen LogP contribution in [0.25, 0.3) is 0 Å². The second-order valence-corrected chi connectivity index (χ2v) is 5.62. The third-order valence-corrected chi connectivity index (χ3v) is 3.46. The molecule has 1 nitrogen and oxygen atoms in total. The number of hydrogen-bond acceptors (Lipinski definition) is 1. The normalized spacial score (nSPS) is 12.9. The summed E-state index contributed by atoms with van der Waals surface area (Å²) in [6.07, 6.45) is 5.13. The van der Waals surface area contributed by atoms with Gasteiger partial charge in [-0.15, -0.1) is 0 Å². The summed E-state index contributed by atoms with van der Waals surface area (Å²) in [7, 11) is 0. The Kier molecular flexibility index (Phi) is 7.75. The van der Waals surface area contributed by atoms with Gasteiger partial charge in [-0.2, -0.15) is 0 Å². The smallest absolute Gasteiger partial charge is 0.00431 e. The Bertz CT molecular complexity index is 292. The molecule has 0 saturated heterocycles. The van der Waals surface area contributed by atoms with Gasteiger partial charge in [-0.25, -0.2) is 0 Å². The van der Waals surface area contributed by atoms with Gasteiger partial charge in [0.1, 0.15) is 0 Å². The molecule has 0 bridgehead atoms. The van der Waals surface area contributed by atoms with E-state index >= 15 is 0 Å². The van der Waals surface area contributed by atoms with Gasteiger partial charge in [0.25, 0.3) is 0 Å². The summed E-state index contributed by atoms with van der Waals surface area (Å²) in [5.74, 6) is 1.53. The Morgan fingerprint density at radius 1 is 0.944 bits per heavy atom. The maximum atomic E-state index is 3.52. The maximum absolute atomic E-state index is 3.52. The molecule has 0 aromatic heterocycles. The Labute approximate surface area is 113 Å². The minimum atomic E-state index is 0.720. The molecule has 0 aliphatic rings. The highest BCUT2D eigenvalue weighted by atomic mass is 14.8. The van der Waals surface area contributed by atoms with Crippen LogP contribution in [0.15, 0.2) is 30.3 Å². The molecule has 0 saturated carbocycles. The molecule has 1 aromatic rings. The van der Waals surface area contributed by atoms with E-state index in [4.69, 9.17) is 0 Å². The van der Waals surface area contributed by atoms with Crippen molar-refractivity contribution < 1.29 is 0 Å². The summed E-state index contributed by atoms with van der Waals surface area (Å²) in [4.78, 5) is 0. The van der Waals surface area contributed by atoms with Crippen LogP contribution in [0.4, 0.5) is 0 Å². The first-order valence-corrected chi connectivity index (χ1v) is 7.49. The summed E-state index contributed by atoms with van der Waals surface area (Å²) >= 11 is 0. The monoisotopic (exact) mass is 247 g/mol. The van der Waals surface area contributed by atoms with Gasteiger partial charge in [0.05, 0.1) is 0 Å². The quantitative estimate of drug-likeness (QED) is 0.629. The van der Waals surface area contributed by atoms with Crippen LogP contribution in [0.3, 0.4) is 0 Å². The largest absolute Gasteiger partial charge is 0.317 e. The fourth-order valence-corrected chi connectivity index (χ4v) is 2.32. The molecular weight excluding hydrogens is 218 g/mol. The molecule has 0 radical (unpaired) electrons. The van der Waals surface area contributed by atoms with Crippen molar-refractivity contribution in [3.05, 3.63) is 35.9 Å². The van der Waals surface area contributed by atoms with Gasteiger partial charge in [0.15, 0.2) is 0 Å². The lowest BCUT2D eigenvalue weighted by atomic mass is 9.89. The predicted molar refractivity (Wildman–Crippen MR) is 81.0 cm³/mol. The molecule has 0 aliphatic heterocycles. The SMILES string of the molecule is CCCNCCC(CCC(C)C)c1ccccc1. The minimum absolute atomic E-state index is 0.720. The van der Waals surface area contributed by atoms with Crippen LogP contribution in [0.1, 0.15) is 57.9 Å². The molecule has 18 heavy (non-hydrogen) atoms. The molecule has 0 fully saturated rings. The van der Waals surface area contributed by atoms with Crippen molar-refractivity contribution in [2.24, 2.45) is 5.92 Å². The van der Waals surface area contributed by atoms with E-state index in [-0.39, 0.29) is 0 Å². The van der Waals surface area contributed by atoms with Crippen LogP contribution in [0.5, 0.6) is 0 Å². The molecule has 1 N–H and O–H groups in total. The predicted octanol–water partition coefficient (Wildman–Crippen LogP) is 4.60. The fourth-order valence-electron chi connectivity index (χ4n) is 2.32. The van der Waals surface area contributed by atoms with E-state index in [1.807, 2.05) is 0 Å².